The van der Waals surface area contributed by atoms with Gasteiger partial charge in [0.1, 0.15) is 11.9 Å². The van der Waals surface area contributed by atoms with Crippen molar-refractivity contribution in [3.8, 4) is 0 Å². The van der Waals surface area contributed by atoms with Crippen LogP contribution in [-0.4, -0.2) is 147 Å². The van der Waals surface area contributed by atoms with E-state index in [9.17, 15) is 19.8 Å². The number of methoxy groups -OCH3 is 2. The molecular weight excluding hydrogens is 774 g/mol. The Balaban J connectivity index is 0.892. The van der Waals surface area contributed by atoms with Crippen LogP contribution in [-0.2, 0) is 52.2 Å². The Morgan fingerprint density at radius 1 is 0.800 bits per heavy atom. The number of fused-ring (bicyclic) bond motifs is 6. The first-order valence-corrected chi connectivity index (χ1v) is 23.1. The Bertz CT molecular complexity index is 1650. The minimum absolute atomic E-state index is 0.0183. The van der Waals surface area contributed by atoms with Gasteiger partial charge in [0.15, 0.2) is 5.79 Å². The molecule has 1 amide bonds. The van der Waals surface area contributed by atoms with E-state index in [2.05, 4.69) is 18.5 Å². The zero-order valence-electron chi connectivity index (χ0n) is 35.4. The van der Waals surface area contributed by atoms with Gasteiger partial charge in [-0.3, -0.25) is 9.59 Å². The number of ether oxygens (including phenoxy) is 9. The van der Waals surface area contributed by atoms with Crippen molar-refractivity contribution < 1.29 is 62.4 Å². The number of ketones is 1. The molecule has 0 aromatic heterocycles. The van der Waals surface area contributed by atoms with Crippen LogP contribution < -0.4 is 5.32 Å². The standard InChI is InChI=1S/C46H67NO13/c1-23-5-6-26-7-9-31-24(2)15-28(55-31)11-12-46(51)20-36-37-41-38(42(37)59-36)43(60-46)40-32(58-41)10-8-27(56-40)16-25(49)17-30-34(19-33(23)54-26)57-35(39(30)53-4)18-29(52-3)21-47-44(50)45(22-48)13-14-45/h26-43,48,51H,1-2,5-22H2,3-4H3,(H,47,50)/t26-,27-,28+,29+,30+,31+,32+,33-,34+,35-,36-,37+,38?,39-,40+,41?,42?,43-,46+/m1/s1. The summed E-state index contributed by atoms with van der Waals surface area (Å²) in [5.41, 5.74) is 1.44. The Kier molecular flexibility index (Phi) is 11.7. The average molecular weight is 842 g/mol. The second kappa shape index (κ2) is 16.6. The Labute approximate surface area is 353 Å². The van der Waals surface area contributed by atoms with E-state index in [-0.39, 0.29) is 123 Å². The van der Waals surface area contributed by atoms with E-state index in [0.717, 1.165) is 49.7 Å². The molecule has 0 spiro atoms. The van der Waals surface area contributed by atoms with Crippen LogP contribution in [0.5, 0.6) is 0 Å². The lowest BCUT2D eigenvalue weighted by atomic mass is 9.56. The fraction of sp³-hybridized carbons (Fsp3) is 0.870. The van der Waals surface area contributed by atoms with Gasteiger partial charge >= 0.3 is 0 Å². The average Bonchev–Trinajstić information content (AvgIpc) is 3.85. The summed E-state index contributed by atoms with van der Waals surface area (Å²) >= 11 is 0. The molecule has 2 saturated carbocycles. The van der Waals surface area contributed by atoms with E-state index >= 15 is 0 Å². The first-order chi connectivity index (χ1) is 29.0. The molecule has 10 aliphatic heterocycles. The third-order valence-electron chi connectivity index (χ3n) is 16.4. The fourth-order valence-electron chi connectivity index (χ4n) is 12.6. The van der Waals surface area contributed by atoms with Gasteiger partial charge < -0.3 is 58.2 Å². The van der Waals surface area contributed by atoms with Crippen LogP contribution in [0.2, 0.25) is 0 Å². The van der Waals surface area contributed by atoms with Crippen molar-refractivity contribution in [2.24, 2.45) is 23.2 Å². The number of rotatable bonds is 8. The molecular formula is C46H67NO13. The molecule has 12 rings (SSSR count). The van der Waals surface area contributed by atoms with E-state index < -0.39 is 35.6 Å². The third-order valence-corrected chi connectivity index (χ3v) is 16.4. The van der Waals surface area contributed by atoms with Crippen molar-refractivity contribution in [2.45, 2.75) is 200 Å². The second-order valence-electron chi connectivity index (χ2n) is 20.1. The van der Waals surface area contributed by atoms with Crippen molar-refractivity contribution in [1.29, 1.82) is 0 Å². The lowest BCUT2D eigenvalue weighted by molar-refractivity contribution is -0.444. The molecule has 0 aromatic rings. The highest BCUT2D eigenvalue weighted by Gasteiger charge is 2.73. The lowest BCUT2D eigenvalue weighted by Gasteiger charge is -2.70. The molecule has 334 valence electrons. The minimum Gasteiger partial charge on any atom is -0.395 e. The van der Waals surface area contributed by atoms with Crippen molar-refractivity contribution in [1.82, 2.24) is 5.32 Å². The highest BCUT2D eigenvalue weighted by atomic mass is 16.7. The zero-order chi connectivity index (χ0) is 41.5. The van der Waals surface area contributed by atoms with E-state index in [1.54, 1.807) is 14.2 Å². The molecule has 19 atom stereocenters. The zero-order valence-corrected chi connectivity index (χ0v) is 35.4. The fourth-order valence-corrected chi connectivity index (χ4v) is 12.6. The molecule has 3 unspecified atom stereocenters. The summed E-state index contributed by atoms with van der Waals surface area (Å²) in [6.45, 7) is 8.95. The Morgan fingerprint density at radius 3 is 2.33 bits per heavy atom. The summed E-state index contributed by atoms with van der Waals surface area (Å²) in [6, 6.07) is 0. The highest BCUT2D eigenvalue weighted by molar-refractivity contribution is 5.85. The highest BCUT2D eigenvalue weighted by Crippen LogP contribution is 2.61. The molecule has 0 radical (unpaired) electrons. The van der Waals surface area contributed by atoms with E-state index in [1.165, 1.54) is 0 Å². The van der Waals surface area contributed by atoms with Crippen LogP contribution in [0.1, 0.15) is 103 Å². The number of aliphatic hydroxyl groups is 2. The van der Waals surface area contributed by atoms with E-state index in [4.69, 9.17) is 42.6 Å². The van der Waals surface area contributed by atoms with Crippen LogP contribution >= 0.6 is 0 Å². The largest absolute Gasteiger partial charge is 0.395 e. The number of hydrogen-bond acceptors (Lipinski definition) is 13. The molecule has 14 nitrogen and oxygen atoms in total. The number of carbonyl (C=O) groups excluding carboxylic acids is 2. The van der Waals surface area contributed by atoms with Crippen LogP contribution in [0.15, 0.2) is 24.3 Å². The number of Topliss-reactive ketones (excluding diaryl/α,β-unsaturated/α-hetero) is 1. The van der Waals surface area contributed by atoms with Gasteiger partial charge in [0.25, 0.3) is 0 Å². The number of carbonyl (C=O) groups is 2. The Morgan fingerprint density at radius 2 is 1.57 bits per heavy atom. The molecule has 13 bridgehead atoms. The first-order valence-electron chi connectivity index (χ1n) is 23.1. The predicted molar refractivity (Wildman–Crippen MR) is 214 cm³/mol. The van der Waals surface area contributed by atoms with Crippen molar-refractivity contribution >= 4 is 11.7 Å². The maximum Gasteiger partial charge on any atom is 0.228 e. The number of amides is 1. The number of aliphatic hydroxyl groups excluding tert-OH is 1. The van der Waals surface area contributed by atoms with Gasteiger partial charge in [-0.1, -0.05) is 13.2 Å². The summed E-state index contributed by atoms with van der Waals surface area (Å²) in [7, 11) is 3.29. The summed E-state index contributed by atoms with van der Waals surface area (Å²) < 4.78 is 59.2. The van der Waals surface area contributed by atoms with E-state index in [0.29, 0.717) is 51.4 Å². The molecule has 10 saturated heterocycles. The SMILES string of the molecule is C=C1C[C@@H]2CC[C@@]3(O)C[C@H]4OC5C6C(O[C@H]7CC[C@H](CC(=O)C[C@@H]8[C@@H](OC)[C@@H](C[C@@H](CNC(=O)C9(CO)CC9)OC)O[C@H]8C[C@H]8O[C@H](CCC8=C)CC[C@@H]1O2)O[C@@H]7[C@@H]6O3)[C@@H]54. The molecule has 2 aliphatic carbocycles. The van der Waals surface area contributed by atoms with Crippen LogP contribution in [0.3, 0.4) is 0 Å². The minimum atomic E-state index is -1.39. The maximum absolute atomic E-state index is 14.3. The summed E-state index contributed by atoms with van der Waals surface area (Å²) in [6.07, 6.45) is 6.60. The molecule has 0 aromatic carbocycles. The summed E-state index contributed by atoms with van der Waals surface area (Å²) in [5.74, 6) is -1.49. The summed E-state index contributed by atoms with van der Waals surface area (Å²) in [5, 5.41) is 25.0. The van der Waals surface area contributed by atoms with Crippen LogP contribution in [0.4, 0.5) is 0 Å². The topological polar surface area (TPSA) is 170 Å². The van der Waals surface area contributed by atoms with Gasteiger partial charge in [0, 0.05) is 77.0 Å². The van der Waals surface area contributed by atoms with Gasteiger partial charge in [0.2, 0.25) is 5.91 Å². The first kappa shape index (κ1) is 42.1. The van der Waals surface area contributed by atoms with Crippen molar-refractivity contribution in [3.05, 3.63) is 24.3 Å². The van der Waals surface area contributed by atoms with Gasteiger partial charge in [-0.15, -0.1) is 0 Å². The second-order valence-corrected chi connectivity index (χ2v) is 20.1. The predicted octanol–water partition coefficient (Wildman–Crippen LogP) is 3.62. The van der Waals surface area contributed by atoms with Crippen molar-refractivity contribution in [3.63, 3.8) is 0 Å². The molecule has 12 fully saturated rings. The maximum atomic E-state index is 14.3. The normalized spacial score (nSPS) is 48.7. The monoisotopic (exact) mass is 841 g/mol. The number of hydrogen-bond donors (Lipinski definition) is 3. The van der Waals surface area contributed by atoms with E-state index in [1.807, 2.05) is 0 Å². The molecule has 10 heterocycles. The van der Waals surface area contributed by atoms with Gasteiger partial charge in [0.05, 0.1) is 97.5 Å². The van der Waals surface area contributed by atoms with Gasteiger partial charge in [-0.25, -0.2) is 0 Å². The third kappa shape index (κ3) is 7.79. The van der Waals surface area contributed by atoms with Crippen molar-refractivity contribution in [2.75, 3.05) is 27.4 Å². The quantitative estimate of drug-likeness (QED) is 0.304. The van der Waals surface area contributed by atoms with Gasteiger partial charge in [-0.05, 0) is 75.4 Å². The molecule has 12 aliphatic rings. The smallest absolute Gasteiger partial charge is 0.228 e. The number of nitrogens with one attached hydrogen (secondary N) is 1. The van der Waals surface area contributed by atoms with Crippen LogP contribution in [0, 0.1) is 23.2 Å². The Hall–Kier alpha value is -1.82. The molecule has 14 heteroatoms. The molecule has 3 N–H and O–H groups in total. The molecule has 60 heavy (non-hydrogen) atoms. The van der Waals surface area contributed by atoms with Gasteiger partial charge in [-0.2, -0.15) is 0 Å². The van der Waals surface area contributed by atoms with Crippen LogP contribution in [0.25, 0.3) is 0 Å². The lowest BCUT2D eigenvalue weighted by Crippen LogP contribution is -2.81. The summed E-state index contributed by atoms with van der Waals surface area (Å²) in [4.78, 5) is 27.2.